The van der Waals surface area contributed by atoms with Crippen LogP contribution >= 0.6 is 0 Å². The van der Waals surface area contributed by atoms with Crippen LogP contribution in [0, 0.1) is 5.82 Å². The van der Waals surface area contributed by atoms with E-state index in [9.17, 15) is 9.18 Å². The van der Waals surface area contributed by atoms with Gasteiger partial charge in [0.25, 0.3) is 0 Å². The molecule has 0 saturated heterocycles. The summed E-state index contributed by atoms with van der Waals surface area (Å²) >= 11 is 0. The predicted molar refractivity (Wildman–Crippen MR) is 57.8 cm³/mol. The van der Waals surface area contributed by atoms with E-state index in [1.54, 1.807) is 0 Å². The molecule has 0 aliphatic carbocycles. The number of amides is 1. The molecule has 1 aromatic rings. The van der Waals surface area contributed by atoms with Crippen LogP contribution in [0.3, 0.4) is 0 Å². The minimum atomic E-state index is -0.374. The summed E-state index contributed by atoms with van der Waals surface area (Å²) in [5.74, 6) is -0.887. The smallest absolute Gasteiger partial charge is 0.234 e. The number of rotatable bonds is 3. The molecule has 0 radical (unpaired) electrons. The van der Waals surface area contributed by atoms with Gasteiger partial charge in [-0.15, -0.1) is 0 Å². The maximum atomic E-state index is 12.6. The second-order valence-electron chi connectivity index (χ2n) is 3.20. The molecule has 0 aliphatic heterocycles. The fourth-order valence-electron chi connectivity index (χ4n) is 1.12. The first-order chi connectivity index (χ1) is 7.54. The van der Waals surface area contributed by atoms with Crippen molar-refractivity contribution in [2.45, 2.75) is 6.42 Å². The molecule has 1 rings (SSSR count). The van der Waals surface area contributed by atoms with Gasteiger partial charge in [-0.2, -0.15) is 0 Å². The highest BCUT2D eigenvalue weighted by Gasteiger charge is 2.12. The van der Waals surface area contributed by atoms with E-state index in [-0.39, 0.29) is 24.0 Å². The Kier molecular flexibility index (Phi) is 3.82. The van der Waals surface area contributed by atoms with Gasteiger partial charge in [0.1, 0.15) is 11.7 Å². The molecular weight excluding hydrogens is 213 g/mol. The second kappa shape index (κ2) is 5.11. The van der Waals surface area contributed by atoms with E-state index in [0.29, 0.717) is 5.69 Å². The molecule has 16 heavy (non-hydrogen) atoms. The maximum Gasteiger partial charge on any atom is 0.234 e. The zero-order valence-electron chi connectivity index (χ0n) is 8.72. The fourth-order valence-corrected chi connectivity index (χ4v) is 1.12. The molecule has 0 fully saturated rings. The van der Waals surface area contributed by atoms with Gasteiger partial charge in [-0.05, 0) is 24.3 Å². The predicted octanol–water partition coefficient (Wildman–Crippen LogP) is 0.925. The average molecular weight is 225 g/mol. The molecule has 0 bridgehead atoms. The van der Waals surface area contributed by atoms with E-state index in [4.69, 9.17) is 10.9 Å². The molecule has 1 aromatic carbocycles. The Morgan fingerprint density at radius 1 is 1.50 bits per heavy atom. The van der Waals surface area contributed by atoms with Gasteiger partial charge in [0, 0.05) is 12.7 Å². The lowest BCUT2D eigenvalue weighted by Crippen LogP contribution is -2.30. The van der Waals surface area contributed by atoms with Crippen molar-refractivity contribution in [1.29, 1.82) is 0 Å². The van der Waals surface area contributed by atoms with Crippen LogP contribution in [0.4, 0.5) is 10.1 Å². The minimum absolute atomic E-state index is 0.168. The van der Waals surface area contributed by atoms with Crippen molar-refractivity contribution in [3.63, 3.8) is 0 Å². The van der Waals surface area contributed by atoms with Crippen LogP contribution in [-0.4, -0.2) is 24.0 Å². The van der Waals surface area contributed by atoms with Crippen molar-refractivity contribution >= 4 is 17.4 Å². The zero-order chi connectivity index (χ0) is 12.1. The van der Waals surface area contributed by atoms with Gasteiger partial charge in [-0.25, -0.2) is 4.39 Å². The third kappa shape index (κ3) is 2.94. The molecule has 3 N–H and O–H groups in total. The van der Waals surface area contributed by atoms with Crippen LogP contribution in [0.1, 0.15) is 6.42 Å². The molecule has 6 heteroatoms. The van der Waals surface area contributed by atoms with Crippen molar-refractivity contribution < 1.29 is 14.4 Å². The molecule has 0 heterocycles. The minimum Gasteiger partial charge on any atom is -0.409 e. The fraction of sp³-hybridized carbons (Fsp3) is 0.200. The lowest BCUT2D eigenvalue weighted by molar-refractivity contribution is -0.117. The van der Waals surface area contributed by atoms with Crippen molar-refractivity contribution in [2.24, 2.45) is 10.9 Å². The van der Waals surface area contributed by atoms with Crippen molar-refractivity contribution in [1.82, 2.24) is 0 Å². The lowest BCUT2D eigenvalue weighted by Gasteiger charge is -2.16. The molecule has 0 saturated carbocycles. The summed E-state index contributed by atoms with van der Waals surface area (Å²) in [4.78, 5) is 12.9. The number of oxime groups is 1. The number of hydrogen-bond donors (Lipinski definition) is 2. The highest BCUT2D eigenvalue weighted by Crippen LogP contribution is 2.13. The number of benzene rings is 1. The zero-order valence-corrected chi connectivity index (χ0v) is 8.72. The Bertz CT molecular complexity index is 403. The lowest BCUT2D eigenvalue weighted by atomic mass is 10.2. The summed E-state index contributed by atoms with van der Waals surface area (Å²) in [5, 5.41) is 11.0. The maximum absolute atomic E-state index is 12.6. The van der Waals surface area contributed by atoms with E-state index >= 15 is 0 Å². The van der Waals surface area contributed by atoms with Gasteiger partial charge in [-0.1, -0.05) is 5.16 Å². The summed E-state index contributed by atoms with van der Waals surface area (Å²) in [6.45, 7) is 0. The summed E-state index contributed by atoms with van der Waals surface area (Å²) < 4.78 is 12.6. The van der Waals surface area contributed by atoms with E-state index in [2.05, 4.69) is 5.16 Å². The third-order valence-corrected chi connectivity index (χ3v) is 2.05. The second-order valence-corrected chi connectivity index (χ2v) is 3.20. The van der Waals surface area contributed by atoms with E-state index < -0.39 is 0 Å². The SMILES string of the molecule is CN(C(=O)CC(N)=NO)c1ccc(F)cc1. The summed E-state index contributed by atoms with van der Waals surface area (Å²) in [6, 6.07) is 5.45. The van der Waals surface area contributed by atoms with Crippen LogP contribution < -0.4 is 10.6 Å². The molecule has 0 unspecified atom stereocenters. The summed E-state index contributed by atoms with van der Waals surface area (Å²) in [5.41, 5.74) is 5.75. The number of carbonyl (C=O) groups excluding carboxylic acids is 1. The van der Waals surface area contributed by atoms with Gasteiger partial charge in [0.15, 0.2) is 0 Å². The standard InChI is InChI=1S/C10H12FN3O2/c1-14(10(15)6-9(12)13-16)8-4-2-7(11)3-5-8/h2-5,16H,6H2,1H3,(H2,12,13). The first-order valence-corrected chi connectivity index (χ1v) is 4.53. The summed E-state index contributed by atoms with van der Waals surface area (Å²) in [7, 11) is 1.53. The average Bonchev–Trinajstić information content (AvgIpc) is 2.28. The van der Waals surface area contributed by atoms with E-state index in [0.717, 1.165) is 0 Å². The molecule has 0 atom stereocenters. The summed E-state index contributed by atoms with van der Waals surface area (Å²) in [6.07, 6.45) is -0.190. The Hall–Kier alpha value is -2.11. The van der Waals surface area contributed by atoms with Gasteiger partial charge in [-0.3, -0.25) is 4.79 Å². The number of amidine groups is 1. The van der Waals surface area contributed by atoms with Gasteiger partial charge in [0.05, 0.1) is 6.42 Å². The Balaban J connectivity index is 2.74. The number of hydrogen-bond acceptors (Lipinski definition) is 3. The molecule has 0 aliphatic rings. The number of halogens is 1. The van der Waals surface area contributed by atoms with Gasteiger partial charge >= 0.3 is 0 Å². The first-order valence-electron chi connectivity index (χ1n) is 4.53. The third-order valence-electron chi connectivity index (χ3n) is 2.05. The highest BCUT2D eigenvalue weighted by molar-refractivity contribution is 6.05. The topological polar surface area (TPSA) is 78.9 Å². The van der Waals surface area contributed by atoms with E-state index in [1.165, 1.54) is 36.2 Å². The van der Waals surface area contributed by atoms with Crippen LogP contribution in [0.2, 0.25) is 0 Å². The number of nitrogens with zero attached hydrogens (tertiary/aromatic N) is 2. The first kappa shape index (κ1) is 12.0. The normalized spacial score (nSPS) is 11.2. The molecule has 0 aromatic heterocycles. The molecule has 1 amide bonds. The molecular formula is C10H12FN3O2. The number of anilines is 1. The Morgan fingerprint density at radius 3 is 2.56 bits per heavy atom. The van der Waals surface area contributed by atoms with Crippen LogP contribution in [0.5, 0.6) is 0 Å². The van der Waals surface area contributed by atoms with Crippen LogP contribution in [0.15, 0.2) is 29.4 Å². The van der Waals surface area contributed by atoms with Crippen molar-refractivity contribution in [3.8, 4) is 0 Å². The largest absolute Gasteiger partial charge is 0.409 e. The van der Waals surface area contributed by atoms with Crippen LogP contribution in [-0.2, 0) is 4.79 Å². The molecule has 5 nitrogen and oxygen atoms in total. The quantitative estimate of drug-likeness (QED) is 0.347. The monoisotopic (exact) mass is 225 g/mol. The molecule has 86 valence electrons. The van der Waals surface area contributed by atoms with Crippen LogP contribution in [0.25, 0.3) is 0 Å². The van der Waals surface area contributed by atoms with E-state index in [1.807, 2.05) is 0 Å². The van der Waals surface area contributed by atoms with Gasteiger partial charge in [0.2, 0.25) is 5.91 Å². The number of carbonyl (C=O) groups is 1. The Labute approximate surface area is 92.0 Å². The highest BCUT2D eigenvalue weighted by atomic mass is 19.1. The van der Waals surface area contributed by atoms with Crippen molar-refractivity contribution in [3.05, 3.63) is 30.1 Å². The molecule has 0 spiro atoms. The number of nitrogens with two attached hydrogens (primary N) is 1. The Morgan fingerprint density at radius 2 is 2.06 bits per heavy atom. The van der Waals surface area contributed by atoms with Gasteiger partial charge < -0.3 is 15.8 Å². The van der Waals surface area contributed by atoms with Crippen molar-refractivity contribution in [2.75, 3.05) is 11.9 Å².